The van der Waals surface area contributed by atoms with Crippen molar-refractivity contribution in [2.24, 2.45) is 0 Å². The molecule has 0 saturated heterocycles. The average molecular weight is 417 g/mol. The number of quaternary nitrogens is 1. The number of aromatic nitrogens is 3. The molecule has 1 aliphatic carbocycles. The molecule has 1 aliphatic rings. The average Bonchev–Trinajstić information content (AvgIpc) is 3.29. The molecule has 3 aromatic rings. The molecule has 0 radical (unpaired) electrons. The third-order valence-corrected chi connectivity index (χ3v) is 7.04. The molecule has 4 rings (SSSR count). The lowest BCUT2D eigenvalue weighted by atomic mass is 10.0. The number of anilines is 1. The van der Waals surface area contributed by atoms with E-state index < -0.39 is 0 Å². The molecule has 0 spiro atoms. The van der Waals surface area contributed by atoms with E-state index in [1.54, 1.807) is 23.1 Å². The number of rotatable bonds is 8. The Labute approximate surface area is 175 Å². The molecule has 0 fully saturated rings. The predicted molar refractivity (Wildman–Crippen MR) is 121 cm³/mol. The summed E-state index contributed by atoms with van der Waals surface area (Å²) in [6.45, 7) is 4.33. The zero-order valence-electron chi connectivity index (χ0n) is 17.3. The highest BCUT2D eigenvalue weighted by Gasteiger charge is 2.24. The van der Waals surface area contributed by atoms with Crippen LogP contribution in [0.25, 0.3) is 20.4 Å². The van der Waals surface area contributed by atoms with Crippen molar-refractivity contribution in [3.8, 4) is 0 Å². The van der Waals surface area contributed by atoms with Gasteiger partial charge in [0.15, 0.2) is 5.16 Å². The Morgan fingerprint density at radius 3 is 2.71 bits per heavy atom. The van der Waals surface area contributed by atoms with Crippen LogP contribution in [0.1, 0.15) is 43.0 Å². The Balaban J connectivity index is 1.82. The summed E-state index contributed by atoms with van der Waals surface area (Å²) in [5.74, 6) is 0.981. The first-order valence-electron chi connectivity index (χ1n) is 10.3. The molecule has 3 aromatic heterocycles. The van der Waals surface area contributed by atoms with Crippen LogP contribution in [0.5, 0.6) is 0 Å². The Hall–Kier alpha value is -1.44. The predicted octanol–water partition coefficient (Wildman–Crippen LogP) is 3.35. The van der Waals surface area contributed by atoms with Gasteiger partial charge in [0.1, 0.15) is 10.6 Å². The van der Waals surface area contributed by atoms with Gasteiger partial charge >= 0.3 is 0 Å². The number of hydrogen-bond donors (Lipinski definition) is 2. The minimum absolute atomic E-state index is 0.845. The Kier molecular flexibility index (Phi) is 6.04. The standard InChI is InChI=1S/C21H29N5S2/c1-5-8-15-13-9-6-10-14(13)16-17-18(28-20(16)23-15)19(25-21(24-17)27-4)22-11-7-12-26(2)3/h5-12H2,1-4H3,(H,22,24,25)/p+1. The maximum atomic E-state index is 5.10. The molecule has 0 unspecified atom stereocenters. The van der Waals surface area contributed by atoms with Gasteiger partial charge in [-0.1, -0.05) is 25.1 Å². The van der Waals surface area contributed by atoms with Gasteiger partial charge in [0.05, 0.1) is 30.9 Å². The number of fused-ring (bicyclic) bond motifs is 5. The second-order valence-corrected chi connectivity index (χ2v) is 9.65. The Morgan fingerprint density at radius 1 is 1.14 bits per heavy atom. The molecule has 7 heteroatoms. The third-order valence-electron chi connectivity index (χ3n) is 5.41. The van der Waals surface area contributed by atoms with Gasteiger partial charge in [-0.3, -0.25) is 0 Å². The van der Waals surface area contributed by atoms with E-state index >= 15 is 0 Å². The van der Waals surface area contributed by atoms with Gasteiger partial charge in [-0.25, -0.2) is 15.0 Å². The SMILES string of the molecule is CCCc1nc2sc3c(NCCC[NH+](C)C)nc(SC)nc3c2c2c1CCC2. The fourth-order valence-corrected chi connectivity index (χ4v) is 5.62. The smallest absolute Gasteiger partial charge is 0.189 e. The first-order chi connectivity index (χ1) is 13.6. The van der Waals surface area contributed by atoms with Crippen molar-refractivity contribution < 1.29 is 4.90 Å². The van der Waals surface area contributed by atoms with Crippen molar-refractivity contribution in [2.45, 2.75) is 50.6 Å². The van der Waals surface area contributed by atoms with Gasteiger partial charge < -0.3 is 10.2 Å². The quantitative estimate of drug-likeness (QED) is 0.335. The van der Waals surface area contributed by atoms with Crippen molar-refractivity contribution in [1.29, 1.82) is 0 Å². The fourth-order valence-electron chi connectivity index (χ4n) is 4.13. The Morgan fingerprint density at radius 2 is 1.96 bits per heavy atom. The first kappa shape index (κ1) is 19.9. The van der Waals surface area contributed by atoms with Gasteiger partial charge in [0.2, 0.25) is 0 Å². The van der Waals surface area contributed by atoms with Crippen LogP contribution in [-0.4, -0.2) is 48.4 Å². The molecule has 0 saturated carbocycles. The second kappa shape index (κ2) is 8.51. The highest BCUT2D eigenvalue weighted by molar-refractivity contribution is 7.98. The molecule has 3 heterocycles. The maximum absolute atomic E-state index is 5.10. The monoisotopic (exact) mass is 416 g/mol. The molecular weight excluding hydrogens is 386 g/mol. The topological polar surface area (TPSA) is 55.1 Å². The fraction of sp³-hybridized carbons (Fsp3) is 0.571. The normalized spacial score (nSPS) is 13.8. The summed E-state index contributed by atoms with van der Waals surface area (Å²) in [4.78, 5) is 17.5. The number of nitrogens with zero attached hydrogens (tertiary/aromatic N) is 3. The lowest BCUT2D eigenvalue weighted by Gasteiger charge is -2.10. The summed E-state index contributed by atoms with van der Waals surface area (Å²) in [5, 5.41) is 5.73. The number of thiophene rings is 1. The van der Waals surface area contributed by atoms with Crippen LogP contribution in [0, 0.1) is 0 Å². The van der Waals surface area contributed by atoms with Crippen LogP contribution in [0.15, 0.2) is 5.16 Å². The van der Waals surface area contributed by atoms with Crippen molar-refractivity contribution >= 4 is 49.3 Å². The Bertz CT molecular complexity index is 996. The molecule has 2 N–H and O–H groups in total. The van der Waals surface area contributed by atoms with Gasteiger partial charge in [-0.15, -0.1) is 11.3 Å². The highest BCUT2D eigenvalue weighted by atomic mass is 32.2. The zero-order valence-corrected chi connectivity index (χ0v) is 18.9. The van der Waals surface area contributed by atoms with E-state index in [4.69, 9.17) is 15.0 Å². The number of nitrogens with one attached hydrogen (secondary N) is 2. The van der Waals surface area contributed by atoms with E-state index in [1.165, 1.54) is 44.6 Å². The van der Waals surface area contributed by atoms with E-state index in [9.17, 15) is 0 Å². The lowest BCUT2D eigenvalue weighted by molar-refractivity contribution is -0.858. The van der Waals surface area contributed by atoms with E-state index in [2.05, 4.69) is 32.6 Å². The van der Waals surface area contributed by atoms with Crippen LogP contribution in [0.4, 0.5) is 5.82 Å². The number of pyridine rings is 1. The van der Waals surface area contributed by atoms with Crippen molar-refractivity contribution in [3.05, 3.63) is 16.8 Å². The van der Waals surface area contributed by atoms with Crippen molar-refractivity contribution in [2.75, 3.05) is 38.8 Å². The largest absolute Gasteiger partial charge is 0.369 e. The number of hydrogen-bond acceptors (Lipinski definition) is 6. The molecule has 5 nitrogen and oxygen atoms in total. The van der Waals surface area contributed by atoms with Crippen molar-refractivity contribution in [1.82, 2.24) is 15.0 Å². The summed E-state index contributed by atoms with van der Waals surface area (Å²) >= 11 is 3.38. The summed E-state index contributed by atoms with van der Waals surface area (Å²) in [6, 6.07) is 0. The van der Waals surface area contributed by atoms with Crippen LogP contribution in [-0.2, 0) is 19.3 Å². The first-order valence-corrected chi connectivity index (χ1v) is 12.4. The number of thioether (sulfide) groups is 1. The van der Waals surface area contributed by atoms with E-state index in [1.807, 2.05) is 0 Å². The summed E-state index contributed by atoms with van der Waals surface area (Å²) in [7, 11) is 4.39. The molecule has 0 amide bonds. The summed E-state index contributed by atoms with van der Waals surface area (Å²) in [6.07, 6.45) is 8.97. The third kappa shape index (κ3) is 3.72. The molecule has 0 aliphatic heterocycles. The number of aryl methyl sites for hydroxylation is 2. The highest BCUT2D eigenvalue weighted by Crippen LogP contribution is 2.42. The molecule has 0 aromatic carbocycles. The van der Waals surface area contributed by atoms with Gasteiger partial charge in [0, 0.05) is 24.0 Å². The maximum Gasteiger partial charge on any atom is 0.189 e. The van der Waals surface area contributed by atoms with E-state index in [-0.39, 0.29) is 0 Å². The summed E-state index contributed by atoms with van der Waals surface area (Å²) < 4.78 is 1.17. The van der Waals surface area contributed by atoms with Gasteiger partial charge in [-0.05, 0) is 43.1 Å². The molecule has 28 heavy (non-hydrogen) atoms. The van der Waals surface area contributed by atoms with Gasteiger partial charge in [0.25, 0.3) is 0 Å². The molecule has 150 valence electrons. The van der Waals surface area contributed by atoms with Gasteiger partial charge in [-0.2, -0.15) is 0 Å². The minimum Gasteiger partial charge on any atom is -0.369 e. The summed E-state index contributed by atoms with van der Waals surface area (Å²) in [5.41, 5.74) is 5.43. The van der Waals surface area contributed by atoms with Crippen LogP contribution < -0.4 is 10.2 Å². The van der Waals surface area contributed by atoms with E-state index in [0.29, 0.717) is 0 Å². The van der Waals surface area contributed by atoms with Crippen LogP contribution >= 0.6 is 23.1 Å². The second-order valence-electron chi connectivity index (χ2n) is 7.88. The minimum atomic E-state index is 0.845. The zero-order chi connectivity index (χ0) is 19.7. The van der Waals surface area contributed by atoms with E-state index in [0.717, 1.165) is 60.1 Å². The molecular formula is C21H30N5S2+. The molecule has 0 atom stereocenters. The van der Waals surface area contributed by atoms with Crippen LogP contribution in [0.3, 0.4) is 0 Å². The lowest BCUT2D eigenvalue weighted by Crippen LogP contribution is -3.05. The molecule has 0 bridgehead atoms. The van der Waals surface area contributed by atoms with Crippen molar-refractivity contribution in [3.63, 3.8) is 0 Å². The van der Waals surface area contributed by atoms with Crippen LogP contribution in [0.2, 0.25) is 0 Å².